The fraction of sp³-hybridized carbons (Fsp3) is 0.378. The van der Waals surface area contributed by atoms with Gasteiger partial charge in [0.2, 0.25) is 0 Å². The molecule has 2 aliphatic heterocycles. The van der Waals surface area contributed by atoms with E-state index in [1.54, 1.807) is 24.5 Å². The Balaban J connectivity index is 0.000000268. The predicted molar refractivity (Wildman–Crippen MR) is 250 cm³/mol. The van der Waals surface area contributed by atoms with Crippen LogP contribution in [0.4, 0.5) is 23.0 Å². The number of carbonyl (C=O) groups excluding carboxylic acids is 1. The Hall–Kier alpha value is -5.39. The van der Waals surface area contributed by atoms with Crippen molar-refractivity contribution >= 4 is 74.1 Å². The van der Waals surface area contributed by atoms with Gasteiger partial charge in [0.1, 0.15) is 23.3 Å². The van der Waals surface area contributed by atoms with Gasteiger partial charge < -0.3 is 40.7 Å². The van der Waals surface area contributed by atoms with E-state index >= 15 is 0 Å². The molecule has 2 saturated heterocycles. The van der Waals surface area contributed by atoms with Crippen molar-refractivity contribution < 1.29 is 39.7 Å². The fourth-order valence-electron chi connectivity index (χ4n) is 7.73. The van der Waals surface area contributed by atoms with Crippen LogP contribution in [-0.4, -0.2) is 162 Å². The fourth-order valence-corrected chi connectivity index (χ4v) is 7.73. The van der Waals surface area contributed by atoms with Gasteiger partial charge in [-0.15, -0.1) is 0 Å². The molecule has 6 aromatic rings. The first-order chi connectivity index (χ1) is 29.3. The van der Waals surface area contributed by atoms with Gasteiger partial charge in [0.05, 0.1) is 65.1 Å². The number of carbonyl (C=O) groups is 2. The molecule has 2 fully saturated rings. The second-order valence-electron chi connectivity index (χ2n) is 15.8. The summed E-state index contributed by atoms with van der Waals surface area (Å²) in [4.78, 5) is 64.7. The molecule has 2 aromatic carbocycles. The zero-order chi connectivity index (χ0) is 43.2. The minimum absolute atomic E-state index is 0. The molecule has 2 aliphatic rings. The van der Waals surface area contributed by atoms with Crippen LogP contribution < -0.4 is 38.5 Å². The number of rotatable bonds is 10. The number of hydrogen-bond donors (Lipinski definition) is 1. The van der Waals surface area contributed by atoms with Crippen LogP contribution >= 0.6 is 0 Å². The number of aromatic carboxylic acids is 1. The summed E-state index contributed by atoms with van der Waals surface area (Å²) < 4.78 is 4.94. The Labute approximate surface area is 393 Å². The third-order valence-corrected chi connectivity index (χ3v) is 11.1. The number of pyridine rings is 2. The van der Waals surface area contributed by atoms with Crippen LogP contribution in [0.1, 0.15) is 45.2 Å². The van der Waals surface area contributed by atoms with E-state index in [0.29, 0.717) is 18.7 Å². The van der Waals surface area contributed by atoms with E-state index in [1.165, 1.54) is 7.11 Å². The first-order valence-corrected chi connectivity index (χ1v) is 20.4. The first kappa shape index (κ1) is 48.6. The second-order valence-corrected chi connectivity index (χ2v) is 15.8. The van der Waals surface area contributed by atoms with Crippen molar-refractivity contribution in [2.45, 2.75) is 26.9 Å². The van der Waals surface area contributed by atoms with Crippen LogP contribution in [0.25, 0.3) is 21.8 Å². The zero-order valence-electron chi connectivity index (χ0n) is 38.0. The first-order valence-electron chi connectivity index (χ1n) is 20.4. The third-order valence-electron chi connectivity index (χ3n) is 11.1. The van der Waals surface area contributed by atoms with Crippen molar-refractivity contribution in [3.63, 3.8) is 0 Å². The van der Waals surface area contributed by atoms with E-state index in [4.69, 9.17) is 4.74 Å². The van der Waals surface area contributed by atoms with E-state index in [-0.39, 0.29) is 49.2 Å². The van der Waals surface area contributed by atoms with Gasteiger partial charge in [-0.25, -0.2) is 29.5 Å². The molecular formula is C45H58AlLiN12O4. The van der Waals surface area contributed by atoms with Crippen molar-refractivity contribution in [3.8, 4) is 0 Å². The van der Waals surface area contributed by atoms with Crippen molar-refractivity contribution in [1.82, 2.24) is 39.7 Å². The van der Waals surface area contributed by atoms with Crippen molar-refractivity contribution in [2.24, 2.45) is 0 Å². The van der Waals surface area contributed by atoms with Gasteiger partial charge in [-0.1, -0.05) is 12.1 Å². The second kappa shape index (κ2) is 21.8. The van der Waals surface area contributed by atoms with Crippen molar-refractivity contribution in [1.29, 1.82) is 0 Å². The van der Waals surface area contributed by atoms with E-state index < -0.39 is 5.97 Å². The number of carboxylic acid groups (broad SMARTS) is 1. The van der Waals surface area contributed by atoms with Gasteiger partial charge in [0.15, 0.2) is 17.4 Å². The number of aryl methyl sites for hydroxylation is 2. The minimum atomic E-state index is -0.953. The van der Waals surface area contributed by atoms with E-state index in [1.807, 2.05) is 75.3 Å². The topological polar surface area (TPSA) is 160 Å². The molecule has 0 radical (unpaired) electrons. The molecule has 18 heteroatoms. The average molecular weight is 865 g/mol. The molecule has 0 unspecified atom stereocenters. The molecular weight excluding hydrogens is 806 g/mol. The maximum absolute atomic E-state index is 12.2. The number of piperazine rings is 2. The molecule has 0 bridgehead atoms. The van der Waals surface area contributed by atoms with E-state index in [2.05, 4.69) is 74.6 Å². The summed E-state index contributed by atoms with van der Waals surface area (Å²) >= 11 is 0. The van der Waals surface area contributed by atoms with Crippen LogP contribution in [0.3, 0.4) is 0 Å². The Morgan fingerprint density at radius 1 is 0.667 bits per heavy atom. The van der Waals surface area contributed by atoms with Crippen LogP contribution in [0, 0.1) is 13.8 Å². The Morgan fingerprint density at radius 2 is 1.08 bits per heavy atom. The molecule has 0 aliphatic carbocycles. The number of fused-ring (bicyclic) bond motifs is 2. The number of hydrogen-bond acceptors (Lipinski definition) is 15. The number of aromatic nitrogens is 6. The Bertz CT molecular complexity index is 2540. The van der Waals surface area contributed by atoms with Gasteiger partial charge in [0, 0.05) is 102 Å². The minimum Gasteiger partial charge on any atom is -1.00 e. The monoisotopic (exact) mass is 864 g/mol. The zero-order valence-corrected chi connectivity index (χ0v) is 37.0. The summed E-state index contributed by atoms with van der Waals surface area (Å²) in [6.07, 6.45) is 3.48. The molecule has 6 heterocycles. The third kappa shape index (κ3) is 12.0. The Kier molecular flexibility index (Phi) is 16.8. The molecule has 16 nitrogen and oxygen atoms in total. The van der Waals surface area contributed by atoms with Crippen molar-refractivity contribution in [3.05, 3.63) is 107 Å². The maximum atomic E-state index is 12.2. The van der Waals surface area contributed by atoms with E-state index in [0.717, 1.165) is 120 Å². The van der Waals surface area contributed by atoms with Crippen LogP contribution in [-0.2, 0) is 17.8 Å². The number of likely N-dealkylation sites (N-methyl/N-ethyl adjacent to an activating group) is 2. The van der Waals surface area contributed by atoms with Crippen molar-refractivity contribution in [2.75, 3.05) is 107 Å². The SMILES string of the molecule is COC(=O)c1cc(N(C)Cc2cc(N3CCN(C)CC3)nc(C)n2)c2ncccc2c1.Cc1nc(CN(C)c2cc(C(=O)O)cc3cccnc23)cc(N2CCN(C)CC2)n1.[AlH3].[H-].[Li+]. The summed E-state index contributed by atoms with van der Waals surface area (Å²) in [5, 5.41) is 11.2. The molecule has 0 amide bonds. The number of methoxy groups -OCH3 is 1. The predicted octanol–water partition coefficient (Wildman–Crippen LogP) is 0.860. The molecule has 326 valence electrons. The average Bonchev–Trinajstić information content (AvgIpc) is 3.25. The number of esters is 1. The normalized spacial score (nSPS) is 14.3. The molecule has 8 rings (SSSR count). The molecule has 1 N–H and O–H groups in total. The summed E-state index contributed by atoms with van der Waals surface area (Å²) in [5.41, 5.74) is 5.80. The largest absolute Gasteiger partial charge is 1.00 e. The van der Waals surface area contributed by atoms with Crippen LogP contribution in [0.5, 0.6) is 0 Å². The number of carboxylic acids is 1. The van der Waals surface area contributed by atoms with Gasteiger partial charge in [-0.2, -0.15) is 0 Å². The summed E-state index contributed by atoms with van der Waals surface area (Å²) in [5.74, 6) is 2.08. The standard InChI is InChI=1S/C23H28N6O2.C22H26N6O2.Al.Li.4H/c1-16-25-19(14-21(26-16)29-10-8-27(2)9-11-29)15-28(3)20-13-18(23(30)31-4)12-17-6-5-7-24-22(17)20;1-15-24-18(13-20(25-15)28-9-7-26(2)8-10-28)14-27(3)19-12-17(22(29)30)11-16-5-4-6-23-21(16)19;;;;;;/h5-7,12-14H,8-11,15H2,1-4H3;4-6,11-13H,7-10,14H2,1-3H3,(H,29,30);;;;;;/q;;;+1;;;;-1. The number of anilines is 4. The summed E-state index contributed by atoms with van der Waals surface area (Å²) in [6.45, 7) is 12.8. The number of nitrogens with zero attached hydrogens (tertiary/aromatic N) is 12. The number of benzene rings is 2. The summed E-state index contributed by atoms with van der Waals surface area (Å²) in [6, 6.07) is 18.6. The smallest absolute Gasteiger partial charge is 1.00 e. The van der Waals surface area contributed by atoms with Gasteiger partial charge in [0.25, 0.3) is 0 Å². The molecule has 0 spiro atoms. The number of ether oxygens (including phenoxy) is 1. The van der Waals surface area contributed by atoms with Crippen LogP contribution in [0.2, 0.25) is 0 Å². The van der Waals surface area contributed by atoms with Gasteiger partial charge >= 0.3 is 30.8 Å². The van der Waals surface area contributed by atoms with Gasteiger partial charge in [-0.3, -0.25) is 9.97 Å². The molecule has 4 aromatic heterocycles. The quantitative estimate of drug-likeness (QED) is 0.153. The summed E-state index contributed by atoms with van der Waals surface area (Å²) in [7, 11) is 9.58. The van der Waals surface area contributed by atoms with Crippen LogP contribution in [0.15, 0.2) is 73.1 Å². The van der Waals surface area contributed by atoms with E-state index in [9.17, 15) is 14.7 Å². The molecule has 0 atom stereocenters. The van der Waals surface area contributed by atoms with Gasteiger partial charge in [-0.05, 0) is 64.3 Å². The maximum Gasteiger partial charge on any atom is 1.00 e. The Morgan fingerprint density at radius 3 is 1.49 bits per heavy atom. The molecule has 63 heavy (non-hydrogen) atoms. The molecule has 0 saturated carbocycles.